The number of amides is 2. The van der Waals surface area contributed by atoms with Crippen molar-refractivity contribution in [1.29, 1.82) is 0 Å². The van der Waals surface area contributed by atoms with E-state index in [-0.39, 0.29) is 12.8 Å². The number of rotatable bonds is 5. The highest BCUT2D eigenvalue weighted by Gasteiger charge is 2.46. The van der Waals surface area contributed by atoms with Crippen LogP contribution in [-0.2, 0) is 19.2 Å². The fourth-order valence-corrected chi connectivity index (χ4v) is 1.23. The van der Waals surface area contributed by atoms with Crippen molar-refractivity contribution in [3.05, 3.63) is 0 Å². The van der Waals surface area contributed by atoms with E-state index in [9.17, 15) is 14.4 Å². The molecule has 0 radical (unpaired) electrons. The van der Waals surface area contributed by atoms with E-state index in [0.717, 1.165) is 5.06 Å². The molecule has 2 amide bonds. The van der Waals surface area contributed by atoms with Crippen LogP contribution in [0.1, 0.15) is 33.6 Å². The van der Waals surface area contributed by atoms with Gasteiger partial charge >= 0.3 is 12.1 Å². The third kappa shape index (κ3) is 4.29. The highest BCUT2D eigenvalue weighted by Crippen LogP contribution is 2.23. The van der Waals surface area contributed by atoms with Crippen LogP contribution in [0.15, 0.2) is 0 Å². The average Bonchev–Trinajstić information content (AvgIpc) is 2.79. The number of hydroxylamine groups is 2. The summed E-state index contributed by atoms with van der Waals surface area (Å²) in [5, 5.41) is 0.886. The van der Waals surface area contributed by atoms with Gasteiger partial charge in [0, 0.05) is 6.42 Å². The van der Waals surface area contributed by atoms with Crippen LogP contribution in [0.2, 0.25) is 0 Å². The van der Waals surface area contributed by atoms with Crippen LogP contribution in [0, 0.1) is 0 Å². The van der Waals surface area contributed by atoms with Gasteiger partial charge in [-0.25, -0.2) is 9.59 Å². The maximum absolute atomic E-state index is 11.8. The number of carbonyl (C=O) groups is 3. The van der Waals surface area contributed by atoms with Crippen LogP contribution < -0.4 is 5.73 Å². The lowest BCUT2D eigenvalue weighted by Gasteiger charge is -2.22. The SMILES string of the molecule is CC(C)(C)OC(=O)[C@H](CCC(N)=O)N1OC1=O. The van der Waals surface area contributed by atoms with Gasteiger partial charge in [0.15, 0.2) is 6.04 Å². The fourth-order valence-electron chi connectivity index (χ4n) is 1.23. The van der Waals surface area contributed by atoms with Crippen LogP contribution in [0.25, 0.3) is 0 Å². The second-order valence-electron chi connectivity index (χ2n) is 4.74. The van der Waals surface area contributed by atoms with Gasteiger partial charge in [-0.05, 0) is 27.2 Å². The molecule has 7 nitrogen and oxygen atoms in total. The molecule has 1 aliphatic rings. The molecule has 96 valence electrons. The lowest BCUT2D eigenvalue weighted by atomic mass is 10.1. The van der Waals surface area contributed by atoms with Gasteiger partial charge in [-0.2, -0.15) is 0 Å². The second-order valence-corrected chi connectivity index (χ2v) is 4.74. The third-order valence-corrected chi connectivity index (χ3v) is 1.95. The number of hydrogen-bond acceptors (Lipinski definition) is 5. The third-order valence-electron chi connectivity index (χ3n) is 1.95. The first-order valence-corrected chi connectivity index (χ1v) is 5.23. The molecule has 1 rings (SSSR count). The Morgan fingerprint density at radius 2 is 2.00 bits per heavy atom. The standard InChI is InChI=1S/C10H16N2O5/c1-10(2,3)16-8(14)6(4-5-7(11)13)12-9(15)17-12/h6H,4-5H2,1-3H3,(H2,11,13)/t6-,12?/m0/s1. The molecule has 0 aromatic carbocycles. The van der Waals surface area contributed by atoms with E-state index in [2.05, 4.69) is 4.84 Å². The van der Waals surface area contributed by atoms with Crippen molar-refractivity contribution in [2.75, 3.05) is 0 Å². The Balaban J connectivity index is 2.60. The number of carbonyl (C=O) groups excluding carboxylic acids is 3. The van der Waals surface area contributed by atoms with Gasteiger partial charge in [0.05, 0.1) is 0 Å². The summed E-state index contributed by atoms with van der Waals surface area (Å²) < 4.78 is 5.12. The Morgan fingerprint density at radius 3 is 2.35 bits per heavy atom. The van der Waals surface area contributed by atoms with Gasteiger partial charge in [0.25, 0.3) is 0 Å². The maximum Gasteiger partial charge on any atom is 0.468 e. The van der Waals surface area contributed by atoms with Crippen molar-refractivity contribution >= 4 is 18.0 Å². The molecule has 1 atom stereocenters. The van der Waals surface area contributed by atoms with E-state index in [1.165, 1.54) is 0 Å². The lowest BCUT2D eigenvalue weighted by molar-refractivity contribution is -0.162. The molecular formula is C10H16N2O5. The van der Waals surface area contributed by atoms with E-state index in [1.807, 2.05) is 0 Å². The summed E-state index contributed by atoms with van der Waals surface area (Å²) in [6.07, 6.45) is -0.530. The quantitative estimate of drug-likeness (QED) is 0.554. The maximum atomic E-state index is 11.8. The number of esters is 1. The second kappa shape index (κ2) is 4.60. The summed E-state index contributed by atoms with van der Waals surface area (Å²) in [5.41, 5.74) is 4.32. The number of nitrogens with zero attached hydrogens (tertiary/aromatic N) is 1. The molecule has 1 fully saturated rings. The minimum absolute atomic E-state index is 0.0168. The fraction of sp³-hybridized carbons (Fsp3) is 0.700. The van der Waals surface area contributed by atoms with Crippen LogP contribution in [0.4, 0.5) is 4.79 Å². The first-order valence-electron chi connectivity index (χ1n) is 5.23. The smallest absolute Gasteiger partial charge is 0.458 e. The molecule has 2 N–H and O–H groups in total. The van der Waals surface area contributed by atoms with Gasteiger partial charge in [0.2, 0.25) is 5.91 Å². The minimum atomic E-state index is -0.908. The first kappa shape index (κ1) is 13.3. The van der Waals surface area contributed by atoms with Crippen LogP contribution in [0.3, 0.4) is 0 Å². The van der Waals surface area contributed by atoms with Crippen molar-refractivity contribution < 1.29 is 24.0 Å². The molecule has 17 heavy (non-hydrogen) atoms. The van der Waals surface area contributed by atoms with Crippen molar-refractivity contribution in [1.82, 2.24) is 5.06 Å². The number of ether oxygens (including phenoxy) is 1. The van der Waals surface area contributed by atoms with E-state index >= 15 is 0 Å². The summed E-state index contributed by atoms with van der Waals surface area (Å²) in [5.74, 6) is -1.16. The Hall–Kier alpha value is -1.79. The Labute approximate surface area is 98.8 Å². The number of hydrogen-bond donors (Lipinski definition) is 1. The van der Waals surface area contributed by atoms with Crippen molar-refractivity contribution in [2.24, 2.45) is 5.73 Å². The zero-order valence-electron chi connectivity index (χ0n) is 10.1. The Bertz CT molecular complexity index is 347. The largest absolute Gasteiger partial charge is 0.468 e. The Morgan fingerprint density at radius 1 is 1.47 bits per heavy atom. The molecular weight excluding hydrogens is 228 g/mol. The van der Waals surface area contributed by atoms with E-state index < -0.39 is 29.6 Å². The van der Waals surface area contributed by atoms with E-state index in [4.69, 9.17) is 10.5 Å². The molecule has 0 saturated carbocycles. The zero-order chi connectivity index (χ0) is 13.2. The van der Waals surface area contributed by atoms with Gasteiger partial charge in [0.1, 0.15) is 5.60 Å². The monoisotopic (exact) mass is 244 g/mol. The topological polar surface area (TPSA) is 102 Å². The van der Waals surface area contributed by atoms with Crippen molar-refractivity contribution in [2.45, 2.75) is 45.3 Å². The highest BCUT2D eigenvalue weighted by atomic mass is 16.9. The minimum Gasteiger partial charge on any atom is -0.458 e. The average molecular weight is 244 g/mol. The van der Waals surface area contributed by atoms with Crippen LogP contribution in [-0.4, -0.2) is 34.7 Å². The summed E-state index contributed by atoms with van der Waals surface area (Å²) in [4.78, 5) is 37.7. The molecule has 0 bridgehead atoms. The normalized spacial score (nSPS) is 16.2. The summed E-state index contributed by atoms with van der Waals surface area (Å²) >= 11 is 0. The van der Waals surface area contributed by atoms with Crippen molar-refractivity contribution in [3.8, 4) is 0 Å². The number of primary amides is 1. The summed E-state index contributed by atoms with van der Waals surface area (Å²) in [7, 11) is 0. The molecule has 0 aromatic rings. The van der Waals surface area contributed by atoms with Crippen molar-refractivity contribution in [3.63, 3.8) is 0 Å². The van der Waals surface area contributed by atoms with Gasteiger partial charge in [-0.3, -0.25) is 4.79 Å². The highest BCUT2D eigenvalue weighted by molar-refractivity contribution is 5.86. The predicted octanol–water partition coefficient (Wildman–Crippen LogP) is 0.329. The molecule has 7 heteroatoms. The zero-order valence-corrected chi connectivity index (χ0v) is 10.1. The van der Waals surface area contributed by atoms with E-state index in [1.54, 1.807) is 20.8 Å². The van der Waals surface area contributed by atoms with Crippen LogP contribution >= 0.6 is 0 Å². The first-order chi connectivity index (χ1) is 7.70. The molecule has 1 aliphatic heterocycles. The van der Waals surface area contributed by atoms with Gasteiger partial charge in [-0.1, -0.05) is 0 Å². The molecule has 0 unspecified atom stereocenters. The van der Waals surface area contributed by atoms with Gasteiger partial charge < -0.3 is 15.3 Å². The molecule has 0 aromatic heterocycles. The lowest BCUT2D eigenvalue weighted by Crippen LogP contribution is -2.37. The molecule has 1 saturated heterocycles. The van der Waals surface area contributed by atoms with Crippen LogP contribution in [0.5, 0.6) is 0 Å². The summed E-state index contributed by atoms with van der Waals surface area (Å²) in [6, 6.07) is -0.908. The molecule has 0 spiro atoms. The Kier molecular flexibility index (Phi) is 3.59. The van der Waals surface area contributed by atoms with Gasteiger partial charge in [-0.15, -0.1) is 5.06 Å². The predicted molar refractivity (Wildman–Crippen MR) is 56.4 cm³/mol. The molecule has 1 heterocycles. The van der Waals surface area contributed by atoms with E-state index in [0.29, 0.717) is 0 Å². The number of nitrogens with two attached hydrogens (primary N) is 1. The molecule has 0 aliphatic carbocycles. The summed E-state index contributed by atoms with van der Waals surface area (Å²) in [6.45, 7) is 5.13.